The highest BCUT2D eigenvalue weighted by atomic mass is 16.5. The first-order valence-electron chi connectivity index (χ1n) is 11.7. The number of hydrogen-bond donors (Lipinski definition) is 3. The Labute approximate surface area is 199 Å². The third-order valence-electron chi connectivity index (χ3n) is 6.73. The van der Waals surface area contributed by atoms with Gasteiger partial charge in [0.15, 0.2) is 0 Å². The predicted molar refractivity (Wildman–Crippen MR) is 128 cm³/mol. The molecule has 2 aliphatic carbocycles. The number of aliphatic carboxylic acids is 1. The summed E-state index contributed by atoms with van der Waals surface area (Å²) in [4.78, 5) is 36.5. The first-order valence-corrected chi connectivity index (χ1v) is 11.7. The number of fused-ring (bicyclic) bond motifs is 3. The van der Waals surface area contributed by atoms with Crippen molar-refractivity contribution in [2.24, 2.45) is 5.92 Å². The Morgan fingerprint density at radius 1 is 1.06 bits per heavy atom. The number of ether oxygens (including phenoxy) is 1. The first-order chi connectivity index (χ1) is 16.5. The molecular formula is C27H30N2O5. The van der Waals surface area contributed by atoms with Gasteiger partial charge < -0.3 is 20.5 Å². The van der Waals surface area contributed by atoms with Crippen molar-refractivity contribution in [3.63, 3.8) is 0 Å². The Balaban J connectivity index is 1.32. The maximum atomic E-state index is 12.6. The van der Waals surface area contributed by atoms with Gasteiger partial charge in [-0.25, -0.2) is 9.59 Å². The van der Waals surface area contributed by atoms with Gasteiger partial charge in [0.2, 0.25) is 5.91 Å². The number of carbonyl (C=O) groups excluding carboxylic acids is 2. The summed E-state index contributed by atoms with van der Waals surface area (Å²) in [5.74, 6) is -1.74. The fraction of sp³-hybridized carbons (Fsp3) is 0.370. The maximum absolute atomic E-state index is 12.6. The molecule has 0 heterocycles. The summed E-state index contributed by atoms with van der Waals surface area (Å²) in [6.07, 6.45) is 3.78. The highest BCUT2D eigenvalue weighted by Gasteiger charge is 2.32. The lowest BCUT2D eigenvalue weighted by molar-refractivity contribution is -0.142. The largest absolute Gasteiger partial charge is 0.480 e. The van der Waals surface area contributed by atoms with Crippen molar-refractivity contribution in [1.29, 1.82) is 0 Å². The summed E-state index contributed by atoms with van der Waals surface area (Å²) in [7, 11) is 0. The van der Waals surface area contributed by atoms with E-state index >= 15 is 0 Å². The smallest absolute Gasteiger partial charge is 0.407 e. The number of nitrogens with one attached hydrogen (secondary N) is 2. The van der Waals surface area contributed by atoms with E-state index in [1.165, 1.54) is 17.2 Å². The van der Waals surface area contributed by atoms with Gasteiger partial charge in [-0.3, -0.25) is 4.79 Å². The molecule has 3 N–H and O–H groups in total. The highest BCUT2D eigenvalue weighted by molar-refractivity contribution is 5.85. The number of carboxylic acid groups (broad SMARTS) is 1. The Morgan fingerprint density at radius 3 is 2.32 bits per heavy atom. The van der Waals surface area contributed by atoms with E-state index in [1.54, 1.807) is 0 Å². The van der Waals surface area contributed by atoms with Gasteiger partial charge in [-0.05, 0) is 47.9 Å². The van der Waals surface area contributed by atoms with E-state index in [1.807, 2.05) is 24.3 Å². The molecule has 7 heteroatoms. The molecule has 2 aromatic rings. The SMILES string of the molecule is C=CCC(NC(=O)[C@@H]1CCC[C@@H](NC(=O)OCC2c3ccccc3-c3ccccc32)C1)C(=O)O. The Kier molecular flexibility index (Phi) is 7.30. The third kappa shape index (κ3) is 5.14. The number of alkyl carbamates (subject to hydrolysis) is 1. The quantitative estimate of drug-likeness (QED) is 0.509. The molecule has 0 radical (unpaired) electrons. The number of benzene rings is 2. The van der Waals surface area contributed by atoms with Gasteiger partial charge in [-0.2, -0.15) is 0 Å². The van der Waals surface area contributed by atoms with Gasteiger partial charge >= 0.3 is 12.1 Å². The molecule has 2 aromatic carbocycles. The molecule has 1 saturated carbocycles. The topological polar surface area (TPSA) is 105 Å². The molecule has 3 atom stereocenters. The molecule has 7 nitrogen and oxygen atoms in total. The summed E-state index contributed by atoms with van der Waals surface area (Å²) in [6.45, 7) is 3.78. The van der Waals surface area contributed by atoms with E-state index in [-0.39, 0.29) is 36.8 Å². The molecule has 4 rings (SSSR count). The molecule has 0 aromatic heterocycles. The summed E-state index contributed by atoms with van der Waals surface area (Å²) >= 11 is 0. The fourth-order valence-electron chi connectivity index (χ4n) is 5.04. The fourth-order valence-corrected chi connectivity index (χ4v) is 5.04. The molecule has 178 valence electrons. The minimum Gasteiger partial charge on any atom is -0.480 e. The predicted octanol–water partition coefficient (Wildman–Crippen LogP) is 4.23. The van der Waals surface area contributed by atoms with Crippen LogP contribution in [-0.2, 0) is 14.3 Å². The molecule has 0 aliphatic heterocycles. The van der Waals surface area contributed by atoms with Crippen molar-refractivity contribution in [2.45, 2.75) is 50.1 Å². The van der Waals surface area contributed by atoms with Crippen molar-refractivity contribution < 1.29 is 24.2 Å². The second-order valence-corrected chi connectivity index (χ2v) is 8.95. The standard InChI is InChI=1S/C27H30N2O5/c1-2-8-24(26(31)32)29-25(30)17-9-7-10-18(15-17)28-27(33)34-16-23-21-13-5-3-11-19(21)20-12-4-6-14-22(20)23/h2-6,11-14,17-18,23-24H,1,7-10,15-16H2,(H,28,33)(H,29,30)(H,31,32)/t17-,18-,24?/m1/s1. The summed E-state index contributed by atoms with van der Waals surface area (Å²) in [5, 5.41) is 14.7. The lowest BCUT2D eigenvalue weighted by Crippen LogP contribution is -2.47. The summed E-state index contributed by atoms with van der Waals surface area (Å²) in [5.41, 5.74) is 4.64. The second-order valence-electron chi connectivity index (χ2n) is 8.95. The van der Waals surface area contributed by atoms with Crippen molar-refractivity contribution in [3.8, 4) is 11.1 Å². The minimum atomic E-state index is -1.09. The van der Waals surface area contributed by atoms with E-state index in [9.17, 15) is 19.5 Å². The second kappa shape index (κ2) is 10.5. The molecule has 0 bridgehead atoms. The van der Waals surface area contributed by atoms with Crippen LogP contribution in [0.4, 0.5) is 4.79 Å². The monoisotopic (exact) mass is 462 g/mol. The van der Waals surface area contributed by atoms with E-state index in [2.05, 4.69) is 41.5 Å². The van der Waals surface area contributed by atoms with Crippen LogP contribution in [0.5, 0.6) is 0 Å². The normalized spacial score (nSPS) is 19.9. The first kappa shape index (κ1) is 23.5. The van der Waals surface area contributed by atoms with Gasteiger partial charge in [-0.15, -0.1) is 6.58 Å². The number of carbonyl (C=O) groups is 3. The number of carboxylic acids is 1. The Morgan fingerprint density at radius 2 is 1.71 bits per heavy atom. The minimum absolute atomic E-state index is 0.0131. The molecular weight excluding hydrogens is 432 g/mol. The molecule has 0 spiro atoms. The van der Waals surface area contributed by atoms with Crippen molar-refractivity contribution in [3.05, 3.63) is 72.3 Å². The number of amides is 2. The van der Waals surface area contributed by atoms with Crippen LogP contribution in [-0.4, -0.2) is 41.8 Å². The van der Waals surface area contributed by atoms with Crippen molar-refractivity contribution in [1.82, 2.24) is 10.6 Å². The van der Waals surface area contributed by atoms with Gasteiger partial charge in [0.25, 0.3) is 0 Å². The number of rotatable bonds is 8. The van der Waals surface area contributed by atoms with Gasteiger partial charge in [0.05, 0.1) is 0 Å². The van der Waals surface area contributed by atoms with Gasteiger partial charge in [0.1, 0.15) is 12.6 Å². The molecule has 1 unspecified atom stereocenters. The zero-order valence-corrected chi connectivity index (χ0v) is 19.0. The highest BCUT2D eigenvalue weighted by Crippen LogP contribution is 2.44. The van der Waals surface area contributed by atoms with Crippen LogP contribution in [0.1, 0.15) is 49.1 Å². The van der Waals surface area contributed by atoms with Crippen molar-refractivity contribution >= 4 is 18.0 Å². The number of hydrogen-bond acceptors (Lipinski definition) is 4. The lowest BCUT2D eigenvalue weighted by Gasteiger charge is -2.29. The van der Waals surface area contributed by atoms with E-state index in [0.717, 1.165) is 24.0 Å². The van der Waals surface area contributed by atoms with Crippen LogP contribution in [0.15, 0.2) is 61.2 Å². The zero-order chi connectivity index (χ0) is 24.1. The molecule has 1 fully saturated rings. The van der Waals surface area contributed by atoms with Crippen LogP contribution in [0.2, 0.25) is 0 Å². The Bertz CT molecular complexity index is 1040. The molecule has 2 aliphatic rings. The van der Waals surface area contributed by atoms with Crippen LogP contribution < -0.4 is 10.6 Å². The third-order valence-corrected chi connectivity index (χ3v) is 6.73. The lowest BCUT2D eigenvalue weighted by atomic mass is 9.85. The summed E-state index contributed by atoms with van der Waals surface area (Å²) < 4.78 is 5.63. The van der Waals surface area contributed by atoms with Crippen LogP contribution >= 0.6 is 0 Å². The van der Waals surface area contributed by atoms with E-state index in [4.69, 9.17) is 4.74 Å². The van der Waals surface area contributed by atoms with Crippen LogP contribution in [0.25, 0.3) is 11.1 Å². The Hall–Kier alpha value is -3.61. The van der Waals surface area contributed by atoms with Gasteiger partial charge in [0, 0.05) is 17.9 Å². The molecule has 34 heavy (non-hydrogen) atoms. The molecule has 0 saturated heterocycles. The van der Waals surface area contributed by atoms with E-state index < -0.39 is 18.1 Å². The van der Waals surface area contributed by atoms with Gasteiger partial charge in [-0.1, -0.05) is 61.0 Å². The van der Waals surface area contributed by atoms with Crippen LogP contribution in [0.3, 0.4) is 0 Å². The summed E-state index contributed by atoms with van der Waals surface area (Å²) in [6, 6.07) is 15.2. The average Bonchev–Trinajstić information content (AvgIpc) is 3.16. The van der Waals surface area contributed by atoms with Crippen molar-refractivity contribution in [2.75, 3.05) is 6.61 Å². The van der Waals surface area contributed by atoms with E-state index in [0.29, 0.717) is 12.8 Å². The van der Waals surface area contributed by atoms with Crippen LogP contribution in [0, 0.1) is 5.92 Å². The maximum Gasteiger partial charge on any atom is 0.407 e. The average molecular weight is 463 g/mol. The zero-order valence-electron chi connectivity index (χ0n) is 19.0. The molecule has 2 amide bonds.